The molecule has 0 aliphatic carbocycles. The second-order valence-corrected chi connectivity index (χ2v) is 3.09. The molecule has 0 aromatic rings. The number of nitrogens with zero attached hydrogens (tertiary/aromatic N) is 1. The lowest BCUT2D eigenvalue weighted by atomic mass is 10.1. The Balaban J connectivity index is 2.07. The molecule has 0 aromatic carbocycles. The first-order valence-corrected chi connectivity index (χ1v) is 3.66. The number of fused-ring (bicyclic) bond motifs is 1. The summed E-state index contributed by atoms with van der Waals surface area (Å²) in [7, 11) is 3.97. The van der Waals surface area contributed by atoms with Crippen LogP contribution in [0.1, 0.15) is 6.42 Å². The van der Waals surface area contributed by atoms with Crippen LogP contribution < -0.4 is 5.32 Å². The van der Waals surface area contributed by atoms with Crippen molar-refractivity contribution < 1.29 is 0 Å². The molecule has 52 valence electrons. The Morgan fingerprint density at radius 3 is 3.11 bits per heavy atom. The van der Waals surface area contributed by atoms with Gasteiger partial charge in [0.25, 0.3) is 0 Å². The van der Waals surface area contributed by atoms with Crippen molar-refractivity contribution in [2.75, 3.05) is 19.6 Å². The van der Waals surface area contributed by atoms with E-state index in [0.717, 1.165) is 18.5 Å². The minimum Gasteiger partial charge on any atom is -0.455 e. The summed E-state index contributed by atoms with van der Waals surface area (Å²) < 4.78 is 0. The third kappa shape index (κ3) is 0.775. The molecule has 0 amide bonds. The van der Waals surface area contributed by atoms with E-state index < -0.39 is 0 Å². The molecule has 2 aliphatic rings. The lowest BCUT2D eigenvalue weighted by Gasteiger charge is -2.25. The fourth-order valence-electron chi connectivity index (χ4n) is 1.94. The molecule has 2 fully saturated rings. The van der Waals surface area contributed by atoms with Crippen LogP contribution in [0.15, 0.2) is 0 Å². The summed E-state index contributed by atoms with van der Waals surface area (Å²) in [4.78, 5) is 2.23. The maximum Gasteiger partial charge on any atom is 0.00872 e. The molecule has 2 heteroatoms. The van der Waals surface area contributed by atoms with Crippen LogP contribution in [0, 0.1) is 13.0 Å². The summed E-state index contributed by atoms with van der Waals surface area (Å²) in [6.07, 6.45) is 1.35. The van der Waals surface area contributed by atoms with Crippen molar-refractivity contribution in [2.24, 2.45) is 5.92 Å². The zero-order valence-corrected chi connectivity index (χ0v) is 5.64. The van der Waals surface area contributed by atoms with Crippen LogP contribution in [0.2, 0.25) is 0 Å². The van der Waals surface area contributed by atoms with Gasteiger partial charge in [-0.2, -0.15) is 0 Å². The Kier molecular flexibility index (Phi) is 1.24. The number of likely N-dealkylation sites (tertiary alicyclic amines) is 1. The molecule has 2 saturated heterocycles. The van der Waals surface area contributed by atoms with Gasteiger partial charge in [0.1, 0.15) is 0 Å². The molecule has 0 bridgehead atoms. The number of hydrogen-bond acceptors (Lipinski definition) is 2. The van der Waals surface area contributed by atoms with E-state index >= 15 is 0 Å². The molecule has 9 heavy (non-hydrogen) atoms. The Hall–Kier alpha value is -0.0800. The summed E-state index contributed by atoms with van der Waals surface area (Å²) in [6, 6.07) is 0.755. The Morgan fingerprint density at radius 2 is 2.33 bits per heavy atom. The lowest BCUT2D eigenvalue weighted by molar-refractivity contribution is 0.341. The number of rotatable bonds is 0. The summed E-state index contributed by atoms with van der Waals surface area (Å²) >= 11 is 0. The van der Waals surface area contributed by atoms with Crippen LogP contribution in [-0.2, 0) is 0 Å². The van der Waals surface area contributed by atoms with Crippen molar-refractivity contribution in [2.45, 2.75) is 12.5 Å². The van der Waals surface area contributed by atoms with Gasteiger partial charge in [-0.1, -0.05) is 0 Å². The average Bonchev–Trinajstić information content (AvgIpc) is 2.35. The van der Waals surface area contributed by atoms with Crippen molar-refractivity contribution in [3.63, 3.8) is 0 Å². The monoisotopic (exact) mass is 125 g/mol. The fourth-order valence-corrected chi connectivity index (χ4v) is 1.94. The summed E-state index contributed by atoms with van der Waals surface area (Å²) in [5, 5.41) is 3.37. The Labute approximate surface area is 56.2 Å². The van der Waals surface area contributed by atoms with Gasteiger partial charge in [-0.15, -0.1) is 0 Å². The van der Waals surface area contributed by atoms with Crippen LogP contribution in [0.4, 0.5) is 0 Å². The predicted molar refractivity (Wildman–Crippen MR) is 36.8 cm³/mol. The molecule has 0 spiro atoms. The van der Waals surface area contributed by atoms with Crippen molar-refractivity contribution in [3.8, 4) is 0 Å². The molecule has 2 nitrogen and oxygen atoms in total. The lowest BCUT2D eigenvalue weighted by Crippen LogP contribution is -2.28. The van der Waals surface area contributed by atoms with E-state index in [1.807, 2.05) is 0 Å². The highest BCUT2D eigenvalue weighted by Gasteiger charge is 2.31. The van der Waals surface area contributed by atoms with Gasteiger partial charge >= 0.3 is 0 Å². The van der Waals surface area contributed by atoms with Crippen molar-refractivity contribution in [1.29, 1.82) is 0 Å². The first-order valence-electron chi connectivity index (χ1n) is 3.66. The van der Waals surface area contributed by atoms with Gasteiger partial charge in [0.2, 0.25) is 0 Å². The minimum absolute atomic E-state index is 0.755. The third-order valence-corrected chi connectivity index (χ3v) is 2.56. The van der Waals surface area contributed by atoms with Gasteiger partial charge in [0, 0.05) is 6.54 Å². The van der Waals surface area contributed by atoms with Gasteiger partial charge in [-0.25, -0.2) is 0 Å². The van der Waals surface area contributed by atoms with E-state index in [9.17, 15) is 0 Å². The molecule has 0 saturated carbocycles. The maximum atomic E-state index is 3.97. The zero-order valence-electron chi connectivity index (χ0n) is 5.64. The third-order valence-electron chi connectivity index (χ3n) is 2.56. The van der Waals surface area contributed by atoms with E-state index in [1.54, 1.807) is 0 Å². The average molecular weight is 125 g/mol. The SMILES string of the molecule is [CH2-]N1CCC2CNCC21. The van der Waals surface area contributed by atoms with Crippen LogP contribution in [0.25, 0.3) is 0 Å². The predicted octanol–water partition coefficient (Wildman–Crippen LogP) is 0.0717. The van der Waals surface area contributed by atoms with Crippen LogP contribution in [0.3, 0.4) is 0 Å². The molecule has 0 radical (unpaired) electrons. The summed E-state index contributed by atoms with van der Waals surface area (Å²) in [6.45, 7) is 3.59. The Morgan fingerprint density at radius 1 is 1.44 bits per heavy atom. The number of nitrogens with one attached hydrogen (secondary N) is 1. The minimum atomic E-state index is 0.755. The van der Waals surface area contributed by atoms with E-state index in [2.05, 4.69) is 17.3 Å². The van der Waals surface area contributed by atoms with Gasteiger partial charge < -0.3 is 10.2 Å². The van der Waals surface area contributed by atoms with Crippen LogP contribution >= 0.6 is 0 Å². The highest BCUT2D eigenvalue weighted by Crippen LogP contribution is 2.25. The largest absolute Gasteiger partial charge is 0.455 e. The summed E-state index contributed by atoms with van der Waals surface area (Å²) in [5.74, 6) is 0.905. The highest BCUT2D eigenvalue weighted by atomic mass is 15.2. The Bertz CT molecular complexity index is 113. The zero-order chi connectivity index (χ0) is 6.27. The van der Waals surface area contributed by atoms with Crippen molar-refractivity contribution in [3.05, 3.63) is 7.05 Å². The molecule has 0 aromatic heterocycles. The molecule has 1 N–H and O–H groups in total. The maximum absolute atomic E-state index is 3.97. The van der Waals surface area contributed by atoms with Gasteiger partial charge in [-0.3, -0.25) is 7.05 Å². The molecule has 2 atom stereocenters. The van der Waals surface area contributed by atoms with Gasteiger partial charge in [0.15, 0.2) is 0 Å². The van der Waals surface area contributed by atoms with Crippen molar-refractivity contribution in [1.82, 2.24) is 10.2 Å². The normalized spacial score (nSPS) is 43.7. The van der Waals surface area contributed by atoms with Gasteiger partial charge in [0.05, 0.1) is 0 Å². The van der Waals surface area contributed by atoms with Crippen molar-refractivity contribution >= 4 is 0 Å². The quantitative estimate of drug-likeness (QED) is 0.461. The second-order valence-electron chi connectivity index (χ2n) is 3.09. The number of hydrogen-bond donors (Lipinski definition) is 1. The van der Waals surface area contributed by atoms with Gasteiger partial charge in [-0.05, 0) is 31.5 Å². The smallest absolute Gasteiger partial charge is 0.00872 e. The molecule has 2 rings (SSSR count). The van der Waals surface area contributed by atoms with Crippen LogP contribution in [-0.4, -0.2) is 30.6 Å². The topological polar surface area (TPSA) is 15.3 Å². The van der Waals surface area contributed by atoms with E-state index in [1.165, 1.54) is 19.5 Å². The van der Waals surface area contributed by atoms with E-state index in [4.69, 9.17) is 0 Å². The molecule has 2 heterocycles. The first-order chi connectivity index (χ1) is 4.38. The van der Waals surface area contributed by atoms with E-state index in [-0.39, 0.29) is 0 Å². The highest BCUT2D eigenvalue weighted by molar-refractivity contribution is 4.93. The van der Waals surface area contributed by atoms with E-state index in [0.29, 0.717) is 0 Å². The molecule has 2 aliphatic heterocycles. The standard InChI is InChI=1S/C7H13N2/c1-9-3-2-6-4-8-5-7(6)9/h6-8H,1-5H2/q-1. The molecular weight excluding hydrogens is 112 g/mol. The summed E-state index contributed by atoms with van der Waals surface area (Å²) in [5.41, 5.74) is 0. The molecule has 2 unspecified atom stereocenters. The first kappa shape index (κ1) is 5.69. The molecular formula is C7H13N2-. The second kappa shape index (κ2) is 1.96. The van der Waals surface area contributed by atoms with Crippen LogP contribution in [0.5, 0.6) is 0 Å². The fraction of sp³-hybridized carbons (Fsp3) is 0.857.